The third kappa shape index (κ3) is 1.14. The molecule has 2 aliphatic carbocycles. The second-order valence-corrected chi connectivity index (χ2v) is 5.27. The molecule has 1 aromatic carbocycles. The predicted octanol–water partition coefficient (Wildman–Crippen LogP) is 3.41. The first-order valence-corrected chi connectivity index (χ1v) is 5.76. The number of nitrogens with zero attached hydrogens (tertiary/aromatic N) is 1. The number of benzene rings is 1. The van der Waals surface area contributed by atoms with Gasteiger partial charge in [-0.25, -0.2) is 0 Å². The van der Waals surface area contributed by atoms with E-state index in [1.54, 1.807) is 0 Å². The van der Waals surface area contributed by atoms with Crippen molar-refractivity contribution in [2.75, 3.05) is 0 Å². The summed E-state index contributed by atoms with van der Waals surface area (Å²) < 4.78 is 0. The Bertz CT molecular complexity index is 401. The zero-order valence-corrected chi connectivity index (χ0v) is 8.87. The zero-order valence-electron chi connectivity index (χ0n) is 8.87. The van der Waals surface area contributed by atoms with Gasteiger partial charge in [0.15, 0.2) is 0 Å². The molecular formula is C14H15N. The lowest BCUT2D eigenvalue weighted by Gasteiger charge is -2.58. The van der Waals surface area contributed by atoms with Crippen molar-refractivity contribution in [3.63, 3.8) is 0 Å². The van der Waals surface area contributed by atoms with Crippen LogP contribution in [-0.4, -0.2) is 0 Å². The Kier molecular flexibility index (Phi) is 1.71. The molecule has 0 aromatic heterocycles. The second kappa shape index (κ2) is 2.85. The molecule has 1 aromatic rings. The van der Waals surface area contributed by atoms with E-state index in [1.807, 2.05) is 18.2 Å². The van der Waals surface area contributed by atoms with Crippen LogP contribution in [0, 0.1) is 16.7 Å². The fourth-order valence-electron chi connectivity index (χ4n) is 3.36. The minimum absolute atomic E-state index is 0.151. The molecule has 0 unspecified atom stereocenters. The maximum atomic E-state index is 9.39. The second-order valence-electron chi connectivity index (χ2n) is 5.27. The lowest BCUT2D eigenvalue weighted by molar-refractivity contribution is -0.0227. The third-order valence-corrected chi connectivity index (χ3v) is 4.31. The van der Waals surface area contributed by atoms with Gasteiger partial charge in [-0.1, -0.05) is 36.8 Å². The van der Waals surface area contributed by atoms with Crippen LogP contribution in [-0.2, 0) is 5.41 Å². The van der Waals surface area contributed by atoms with Crippen LogP contribution in [0.25, 0.3) is 0 Å². The molecule has 0 saturated heterocycles. The molecule has 76 valence electrons. The van der Waals surface area contributed by atoms with Gasteiger partial charge < -0.3 is 0 Å². The summed E-state index contributed by atoms with van der Waals surface area (Å²) in [5.74, 6) is 0. The smallest absolute Gasteiger partial charge is 0.0833 e. The fraction of sp³-hybridized carbons (Fsp3) is 0.500. The van der Waals surface area contributed by atoms with Crippen molar-refractivity contribution in [1.82, 2.24) is 0 Å². The highest BCUT2D eigenvalue weighted by Crippen LogP contribution is 2.64. The Hall–Kier alpha value is -1.29. The van der Waals surface area contributed by atoms with Crippen LogP contribution in [0.4, 0.5) is 0 Å². The van der Waals surface area contributed by atoms with Crippen LogP contribution in [0.1, 0.15) is 37.7 Å². The van der Waals surface area contributed by atoms with Crippen molar-refractivity contribution in [3.05, 3.63) is 35.9 Å². The first kappa shape index (κ1) is 8.97. The van der Waals surface area contributed by atoms with Gasteiger partial charge >= 0.3 is 0 Å². The molecule has 2 fully saturated rings. The molecule has 0 radical (unpaired) electrons. The Morgan fingerprint density at radius 1 is 1.07 bits per heavy atom. The lowest BCUT2D eigenvalue weighted by atomic mass is 9.44. The molecule has 1 spiro atoms. The molecule has 0 atom stereocenters. The van der Waals surface area contributed by atoms with Crippen molar-refractivity contribution < 1.29 is 0 Å². The molecular weight excluding hydrogens is 182 g/mol. The molecule has 2 saturated carbocycles. The van der Waals surface area contributed by atoms with Crippen molar-refractivity contribution in [2.24, 2.45) is 5.41 Å². The van der Waals surface area contributed by atoms with E-state index in [0.717, 1.165) is 12.8 Å². The predicted molar refractivity (Wildman–Crippen MR) is 59.3 cm³/mol. The summed E-state index contributed by atoms with van der Waals surface area (Å²) in [6.45, 7) is 0. The first-order valence-electron chi connectivity index (χ1n) is 5.76. The summed E-state index contributed by atoms with van der Waals surface area (Å²) in [5.41, 5.74) is 1.64. The van der Waals surface area contributed by atoms with Gasteiger partial charge in [-0.2, -0.15) is 5.26 Å². The van der Waals surface area contributed by atoms with Gasteiger partial charge in [-0.15, -0.1) is 0 Å². The summed E-state index contributed by atoms with van der Waals surface area (Å²) in [6, 6.07) is 12.9. The average molecular weight is 197 g/mol. The van der Waals surface area contributed by atoms with Crippen LogP contribution >= 0.6 is 0 Å². The quantitative estimate of drug-likeness (QED) is 0.676. The van der Waals surface area contributed by atoms with Crippen LogP contribution < -0.4 is 0 Å². The summed E-state index contributed by atoms with van der Waals surface area (Å²) >= 11 is 0. The van der Waals surface area contributed by atoms with E-state index < -0.39 is 0 Å². The van der Waals surface area contributed by atoms with Crippen LogP contribution in [0.2, 0.25) is 0 Å². The van der Waals surface area contributed by atoms with E-state index in [4.69, 9.17) is 0 Å². The van der Waals surface area contributed by atoms with E-state index in [9.17, 15) is 5.26 Å². The van der Waals surface area contributed by atoms with E-state index >= 15 is 0 Å². The topological polar surface area (TPSA) is 23.8 Å². The maximum Gasteiger partial charge on any atom is 0.0833 e. The first-order chi connectivity index (χ1) is 7.29. The summed E-state index contributed by atoms with van der Waals surface area (Å²) in [7, 11) is 0. The van der Waals surface area contributed by atoms with Gasteiger partial charge in [0.25, 0.3) is 0 Å². The molecule has 0 aliphatic heterocycles. The fourth-order valence-corrected chi connectivity index (χ4v) is 3.36. The standard InChI is InChI=1S/C14H15N/c15-11-14(12-5-2-1-3-6-12)9-13(10-14)7-4-8-13/h1-3,5-6H,4,7-10H2. The van der Waals surface area contributed by atoms with E-state index in [2.05, 4.69) is 18.2 Å². The number of hydrogen-bond acceptors (Lipinski definition) is 1. The van der Waals surface area contributed by atoms with Crippen LogP contribution in [0.15, 0.2) is 30.3 Å². The highest BCUT2D eigenvalue weighted by Gasteiger charge is 2.58. The van der Waals surface area contributed by atoms with E-state index in [-0.39, 0.29) is 5.41 Å². The van der Waals surface area contributed by atoms with Gasteiger partial charge in [0.2, 0.25) is 0 Å². The van der Waals surface area contributed by atoms with Gasteiger partial charge in [0.05, 0.1) is 11.5 Å². The van der Waals surface area contributed by atoms with Crippen molar-refractivity contribution in [3.8, 4) is 6.07 Å². The molecule has 2 aliphatic rings. The third-order valence-electron chi connectivity index (χ3n) is 4.31. The molecule has 0 amide bonds. The summed E-state index contributed by atoms with van der Waals surface area (Å²) in [4.78, 5) is 0. The van der Waals surface area contributed by atoms with Gasteiger partial charge in [0.1, 0.15) is 0 Å². The van der Waals surface area contributed by atoms with Crippen LogP contribution in [0.5, 0.6) is 0 Å². The van der Waals surface area contributed by atoms with Gasteiger partial charge in [-0.05, 0) is 36.7 Å². The van der Waals surface area contributed by atoms with Gasteiger partial charge in [-0.3, -0.25) is 0 Å². The SMILES string of the molecule is N#CC1(c2ccccc2)CC2(CCC2)C1. The summed E-state index contributed by atoms with van der Waals surface area (Å²) in [6.07, 6.45) is 6.27. The van der Waals surface area contributed by atoms with E-state index in [1.165, 1.54) is 24.8 Å². The lowest BCUT2D eigenvalue weighted by Crippen LogP contribution is -2.52. The van der Waals surface area contributed by atoms with Crippen molar-refractivity contribution in [2.45, 2.75) is 37.5 Å². The maximum absolute atomic E-state index is 9.39. The van der Waals surface area contributed by atoms with Crippen LogP contribution in [0.3, 0.4) is 0 Å². The molecule has 1 nitrogen and oxygen atoms in total. The number of rotatable bonds is 1. The minimum atomic E-state index is -0.151. The van der Waals surface area contributed by atoms with E-state index in [0.29, 0.717) is 5.41 Å². The summed E-state index contributed by atoms with van der Waals surface area (Å²) in [5, 5.41) is 9.39. The average Bonchev–Trinajstić information content (AvgIpc) is 2.17. The Balaban J connectivity index is 1.88. The zero-order chi connectivity index (χ0) is 10.4. The number of hydrogen-bond donors (Lipinski definition) is 0. The largest absolute Gasteiger partial charge is 0.197 e. The molecule has 0 N–H and O–H groups in total. The van der Waals surface area contributed by atoms with Crippen molar-refractivity contribution >= 4 is 0 Å². The highest BCUT2D eigenvalue weighted by molar-refractivity contribution is 5.38. The molecule has 0 bridgehead atoms. The molecule has 0 heterocycles. The monoisotopic (exact) mass is 197 g/mol. The Morgan fingerprint density at radius 3 is 2.20 bits per heavy atom. The molecule has 15 heavy (non-hydrogen) atoms. The Morgan fingerprint density at radius 2 is 1.73 bits per heavy atom. The normalized spacial score (nSPS) is 25.0. The van der Waals surface area contributed by atoms with Crippen molar-refractivity contribution in [1.29, 1.82) is 5.26 Å². The molecule has 1 heteroatoms. The number of nitriles is 1. The van der Waals surface area contributed by atoms with Gasteiger partial charge in [0, 0.05) is 0 Å². The minimum Gasteiger partial charge on any atom is -0.197 e. The molecule has 3 rings (SSSR count). The highest BCUT2D eigenvalue weighted by atomic mass is 14.6. The Labute approximate surface area is 90.7 Å².